The Kier molecular flexibility index (Phi) is 4.04. The Morgan fingerprint density at radius 2 is 1.86 bits per heavy atom. The van der Waals surface area contributed by atoms with Crippen molar-refractivity contribution >= 4 is 11.7 Å². The Morgan fingerprint density at radius 3 is 2.50 bits per heavy atom. The third kappa shape index (κ3) is 2.93. The van der Waals surface area contributed by atoms with Crippen LogP contribution in [0.5, 0.6) is 0 Å². The molecule has 2 heterocycles. The fourth-order valence-electron chi connectivity index (χ4n) is 2.82. The molecule has 114 valence electrons. The van der Waals surface area contributed by atoms with Gasteiger partial charge in [0.2, 0.25) is 0 Å². The van der Waals surface area contributed by atoms with E-state index in [2.05, 4.69) is 20.9 Å². The van der Waals surface area contributed by atoms with Crippen molar-refractivity contribution < 1.29 is 4.79 Å². The van der Waals surface area contributed by atoms with Crippen LogP contribution in [0.25, 0.3) is 0 Å². The average Bonchev–Trinajstić information content (AvgIpc) is 2.55. The minimum atomic E-state index is 0.122. The zero-order chi connectivity index (χ0) is 15.5. The molecular weight excluding hydrogens is 276 g/mol. The van der Waals surface area contributed by atoms with Gasteiger partial charge in [-0.1, -0.05) is 17.7 Å². The van der Waals surface area contributed by atoms with Crippen LogP contribution >= 0.6 is 0 Å². The first-order valence-electron chi connectivity index (χ1n) is 7.52. The average molecular weight is 296 g/mol. The van der Waals surface area contributed by atoms with Crippen LogP contribution in [-0.2, 0) is 0 Å². The van der Waals surface area contributed by atoms with E-state index in [0.29, 0.717) is 13.1 Å². The molecule has 3 rings (SSSR count). The normalized spacial score (nSPS) is 15.0. The first kappa shape index (κ1) is 14.5. The van der Waals surface area contributed by atoms with Gasteiger partial charge >= 0.3 is 0 Å². The van der Waals surface area contributed by atoms with Crippen molar-refractivity contribution in [1.82, 2.24) is 14.9 Å². The lowest BCUT2D eigenvalue weighted by molar-refractivity contribution is 0.0746. The Bertz CT molecular complexity index is 664. The van der Waals surface area contributed by atoms with Crippen molar-refractivity contribution in [3.05, 3.63) is 53.5 Å². The van der Waals surface area contributed by atoms with E-state index in [0.717, 1.165) is 30.0 Å². The summed E-state index contributed by atoms with van der Waals surface area (Å²) in [5.74, 6) is 0.998. The summed E-state index contributed by atoms with van der Waals surface area (Å²) < 4.78 is 0. The quantitative estimate of drug-likeness (QED) is 0.851. The molecule has 5 nitrogen and oxygen atoms in total. The molecule has 1 aliphatic heterocycles. The molecule has 1 saturated heterocycles. The lowest BCUT2D eigenvalue weighted by Gasteiger charge is -2.35. The van der Waals surface area contributed by atoms with Gasteiger partial charge in [-0.3, -0.25) is 9.78 Å². The van der Waals surface area contributed by atoms with Crippen LogP contribution in [0, 0.1) is 13.8 Å². The number of piperazine rings is 1. The van der Waals surface area contributed by atoms with Gasteiger partial charge in [-0.15, -0.1) is 0 Å². The summed E-state index contributed by atoms with van der Waals surface area (Å²) in [6.45, 7) is 7.03. The standard InChI is InChI=1S/C17H20N4O/c1-13-3-4-15(14(2)11-13)17(22)21-9-7-20(8-10-21)16-12-18-5-6-19-16/h3-6,11-12H,7-10H2,1-2H3. The molecular formula is C17H20N4O. The van der Waals surface area contributed by atoms with Crippen molar-refractivity contribution in [2.24, 2.45) is 0 Å². The van der Waals surface area contributed by atoms with Crippen molar-refractivity contribution in [3.8, 4) is 0 Å². The molecule has 0 unspecified atom stereocenters. The number of rotatable bonds is 2. The molecule has 0 saturated carbocycles. The molecule has 2 aromatic rings. The van der Waals surface area contributed by atoms with Crippen molar-refractivity contribution in [1.29, 1.82) is 0 Å². The smallest absolute Gasteiger partial charge is 0.254 e. The number of benzene rings is 1. The lowest BCUT2D eigenvalue weighted by atomic mass is 10.0. The minimum absolute atomic E-state index is 0.122. The molecule has 1 aromatic heterocycles. The molecule has 0 bridgehead atoms. The molecule has 1 aliphatic rings. The molecule has 5 heteroatoms. The van der Waals surface area contributed by atoms with Gasteiger partial charge in [0.15, 0.2) is 0 Å². The van der Waals surface area contributed by atoms with Crippen LogP contribution in [0.2, 0.25) is 0 Å². The van der Waals surface area contributed by atoms with Gasteiger partial charge in [-0.2, -0.15) is 0 Å². The molecule has 0 N–H and O–H groups in total. The van der Waals surface area contributed by atoms with Gasteiger partial charge in [0.05, 0.1) is 6.20 Å². The van der Waals surface area contributed by atoms with Crippen molar-refractivity contribution in [3.63, 3.8) is 0 Å². The number of aromatic nitrogens is 2. The fourth-order valence-corrected chi connectivity index (χ4v) is 2.82. The van der Waals surface area contributed by atoms with E-state index in [-0.39, 0.29) is 5.91 Å². The van der Waals surface area contributed by atoms with E-state index in [1.54, 1.807) is 18.6 Å². The zero-order valence-electron chi connectivity index (χ0n) is 13.0. The highest BCUT2D eigenvalue weighted by atomic mass is 16.2. The Labute approximate surface area is 130 Å². The number of carbonyl (C=O) groups is 1. The largest absolute Gasteiger partial charge is 0.352 e. The monoisotopic (exact) mass is 296 g/mol. The summed E-state index contributed by atoms with van der Waals surface area (Å²) >= 11 is 0. The lowest BCUT2D eigenvalue weighted by Crippen LogP contribution is -2.49. The highest BCUT2D eigenvalue weighted by Gasteiger charge is 2.23. The Morgan fingerprint density at radius 1 is 1.09 bits per heavy atom. The molecule has 1 aromatic carbocycles. The topological polar surface area (TPSA) is 49.3 Å². The van der Waals surface area contributed by atoms with Crippen molar-refractivity contribution in [2.75, 3.05) is 31.1 Å². The predicted octanol–water partition coefficient (Wildman–Crippen LogP) is 2.06. The Hall–Kier alpha value is -2.43. The van der Waals surface area contributed by atoms with Gasteiger partial charge < -0.3 is 9.80 Å². The van der Waals surface area contributed by atoms with Gasteiger partial charge in [0.25, 0.3) is 5.91 Å². The first-order chi connectivity index (χ1) is 10.6. The van der Waals surface area contributed by atoms with Crippen LogP contribution in [0.4, 0.5) is 5.82 Å². The third-order valence-electron chi connectivity index (χ3n) is 4.05. The summed E-state index contributed by atoms with van der Waals surface area (Å²) in [4.78, 5) is 25.2. The van der Waals surface area contributed by atoms with Gasteiger partial charge in [0, 0.05) is 44.1 Å². The summed E-state index contributed by atoms with van der Waals surface area (Å²) in [5, 5.41) is 0. The van der Waals surface area contributed by atoms with E-state index in [9.17, 15) is 4.79 Å². The molecule has 0 atom stereocenters. The SMILES string of the molecule is Cc1ccc(C(=O)N2CCN(c3cnccn3)CC2)c(C)c1. The second-order valence-corrected chi connectivity index (χ2v) is 5.66. The molecule has 1 fully saturated rings. The minimum Gasteiger partial charge on any atom is -0.352 e. The second kappa shape index (κ2) is 6.13. The summed E-state index contributed by atoms with van der Waals surface area (Å²) in [6, 6.07) is 5.99. The van der Waals surface area contributed by atoms with Crippen LogP contribution < -0.4 is 4.90 Å². The van der Waals surface area contributed by atoms with Crippen LogP contribution in [-0.4, -0.2) is 47.0 Å². The first-order valence-corrected chi connectivity index (χ1v) is 7.52. The van der Waals surface area contributed by atoms with Crippen LogP contribution in [0.1, 0.15) is 21.5 Å². The van der Waals surface area contributed by atoms with Crippen molar-refractivity contribution in [2.45, 2.75) is 13.8 Å². The fraction of sp³-hybridized carbons (Fsp3) is 0.353. The third-order valence-corrected chi connectivity index (χ3v) is 4.05. The molecule has 0 radical (unpaired) electrons. The van der Waals surface area contributed by atoms with Crippen LogP contribution in [0.3, 0.4) is 0 Å². The maximum Gasteiger partial charge on any atom is 0.254 e. The number of amides is 1. The molecule has 0 spiro atoms. The number of hydrogen-bond donors (Lipinski definition) is 0. The van der Waals surface area contributed by atoms with Crippen LogP contribution in [0.15, 0.2) is 36.8 Å². The Balaban J connectivity index is 1.67. The van der Waals surface area contributed by atoms with Gasteiger partial charge in [0.1, 0.15) is 5.82 Å². The van der Waals surface area contributed by atoms with E-state index >= 15 is 0 Å². The van der Waals surface area contributed by atoms with E-state index < -0.39 is 0 Å². The maximum atomic E-state index is 12.7. The van der Waals surface area contributed by atoms with E-state index in [4.69, 9.17) is 0 Å². The molecule has 22 heavy (non-hydrogen) atoms. The van der Waals surface area contributed by atoms with Gasteiger partial charge in [-0.05, 0) is 25.5 Å². The summed E-state index contributed by atoms with van der Waals surface area (Å²) in [7, 11) is 0. The molecule has 1 amide bonds. The summed E-state index contributed by atoms with van der Waals surface area (Å²) in [6.07, 6.45) is 5.13. The molecule has 0 aliphatic carbocycles. The number of carbonyl (C=O) groups excluding carboxylic acids is 1. The highest BCUT2D eigenvalue weighted by Crippen LogP contribution is 2.16. The second-order valence-electron chi connectivity index (χ2n) is 5.66. The van der Waals surface area contributed by atoms with E-state index in [1.807, 2.05) is 30.9 Å². The number of anilines is 1. The number of aryl methyl sites for hydroxylation is 2. The van der Waals surface area contributed by atoms with Gasteiger partial charge in [-0.25, -0.2) is 4.98 Å². The number of hydrogen-bond acceptors (Lipinski definition) is 4. The zero-order valence-corrected chi connectivity index (χ0v) is 13.0. The van der Waals surface area contributed by atoms with E-state index in [1.165, 1.54) is 5.56 Å². The maximum absolute atomic E-state index is 12.7. The highest BCUT2D eigenvalue weighted by molar-refractivity contribution is 5.95. The number of nitrogens with zero attached hydrogens (tertiary/aromatic N) is 4. The predicted molar refractivity (Wildman–Crippen MR) is 86.1 cm³/mol. The summed E-state index contributed by atoms with van der Waals surface area (Å²) in [5.41, 5.74) is 3.03.